The summed E-state index contributed by atoms with van der Waals surface area (Å²) in [5, 5.41) is 2.16. The monoisotopic (exact) mass is 336 g/mol. The summed E-state index contributed by atoms with van der Waals surface area (Å²) in [5.74, 6) is 5.55. The third kappa shape index (κ3) is 3.29. The molecule has 0 aromatic heterocycles. The standard InChI is InChI=1S/C15H17BrN2O2/c1-9(2)14(15(19)18-17)20-13-6-4-10-7-12(16)5-3-11(10)8-13/h3-9,14H,17H2,1-2H3,(H,18,19). The van der Waals surface area contributed by atoms with Crippen molar-refractivity contribution in [3.63, 3.8) is 0 Å². The smallest absolute Gasteiger partial charge is 0.275 e. The van der Waals surface area contributed by atoms with Crippen molar-refractivity contribution in [2.45, 2.75) is 20.0 Å². The van der Waals surface area contributed by atoms with Gasteiger partial charge in [0.15, 0.2) is 6.10 Å². The zero-order chi connectivity index (χ0) is 14.7. The number of carbonyl (C=O) groups excluding carboxylic acids is 1. The molecule has 0 aliphatic rings. The summed E-state index contributed by atoms with van der Waals surface area (Å²) in [6.45, 7) is 3.83. The van der Waals surface area contributed by atoms with Gasteiger partial charge in [0.25, 0.3) is 5.91 Å². The van der Waals surface area contributed by atoms with E-state index in [0.29, 0.717) is 5.75 Å². The lowest BCUT2D eigenvalue weighted by Crippen LogP contribution is -2.44. The maximum Gasteiger partial charge on any atom is 0.275 e. The first-order valence-electron chi connectivity index (χ1n) is 6.37. The summed E-state index contributed by atoms with van der Waals surface area (Å²) in [6.07, 6.45) is -0.604. The van der Waals surface area contributed by atoms with E-state index in [0.717, 1.165) is 15.2 Å². The summed E-state index contributed by atoms with van der Waals surface area (Å²) in [7, 11) is 0. The van der Waals surface area contributed by atoms with Crippen molar-refractivity contribution in [2.75, 3.05) is 0 Å². The van der Waals surface area contributed by atoms with Crippen molar-refractivity contribution in [1.29, 1.82) is 0 Å². The van der Waals surface area contributed by atoms with Crippen LogP contribution in [0.5, 0.6) is 5.75 Å². The van der Waals surface area contributed by atoms with Crippen LogP contribution in [0.4, 0.5) is 0 Å². The molecular formula is C15H17BrN2O2. The molecule has 0 spiro atoms. The minimum atomic E-state index is -0.604. The highest BCUT2D eigenvalue weighted by atomic mass is 79.9. The highest BCUT2D eigenvalue weighted by molar-refractivity contribution is 9.10. The average Bonchev–Trinajstić information content (AvgIpc) is 2.43. The van der Waals surface area contributed by atoms with Gasteiger partial charge in [0, 0.05) is 4.47 Å². The van der Waals surface area contributed by atoms with Crippen molar-refractivity contribution in [2.24, 2.45) is 11.8 Å². The molecule has 5 heteroatoms. The summed E-state index contributed by atoms with van der Waals surface area (Å²) < 4.78 is 6.79. The molecule has 0 aliphatic heterocycles. The third-order valence-electron chi connectivity index (χ3n) is 3.04. The van der Waals surface area contributed by atoms with Gasteiger partial charge >= 0.3 is 0 Å². The van der Waals surface area contributed by atoms with Crippen LogP contribution >= 0.6 is 15.9 Å². The number of ether oxygens (including phenoxy) is 1. The maximum absolute atomic E-state index is 11.7. The molecule has 1 unspecified atom stereocenters. The number of rotatable bonds is 4. The zero-order valence-electron chi connectivity index (χ0n) is 11.4. The van der Waals surface area contributed by atoms with Gasteiger partial charge in [-0.2, -0.15) is 0 Å². The summed E-state index contributed by atoms with van der Waals surface area (Å²) in [5.41, 5.74) is 2.14. The Kier molecular flexibility index (Phi) is 4.62. The van der Waals surface area contributed by atoms with E-state index >= 15 is 0 Å². The second kappa shape index (κ2) is 6.24. The first-order valence-corrected chi connectivity index (χ1v) is 7.17. The van der Waals surface area contributed by atoms with Crippen molar-refractivity contribution >= 4 is 32.6 Å². The highest BCUT2D eigenvalue weighted by Crippen LogP contribution is 2.25. The number of fused-ring (bicyclic) bond motifs is 1. The van der Waals surface area contributed by atoms with E-state index in [1.165, 1.54) is 0 Å². The molecule has 0 heterocycles. The minimum Gasteiger partial charge on any atom is -0.480 e. The van der Waals surface area contributed by atoms with Crippen LogP contribution in [-0.4, -0.2) is 12.0 Å². The molecule has 1 amide bonds. The van der Waals surface area contributed by atoms with E-state index in [1.54, 1.807) is 0 Å². The van der Waals surface area contributed by atoms with Gasteiger partial charge in [-0.1, -0.05) is 41.9 Å². The van der Waals surface area contributed by atoms with Gasteiger partial charge in [-0.15, -0.1) is 0 Å². The lowest BCUT2D eigenvalue weighted by molar-refractivity contribution is -0.129. The van der Waals surface area contributed by atoms with Crippen LogP contribution in [0.1, 0.15) is 13.8 Å². The normalized spacial score (nSPS) is 12.4. The molecular weight excluding hydrogens is 320 g/mol. The van der Waals surface area contributed by atoms with E-state index in [2.05, 4.69) is 21.4 Å². The lowest BCUT2D eigenvalue weighted by Gasteiger charge is -2.21. The predicted octanol–water partition coefficient (Wildman–Crippen LogP) is 3.00. The Morgan fingerprint density at radius 1 is 1.20 bits per heavy atom. The van der Waals surface area contributed by atoms with Gasteiger partial charge in [0.2, 0.25) is 0 Å². The average molecular weight is 337 g/mol. The number of hydrogen-bond acceptors (Lipinski definition) is 3. The van der Waals surface area contributed by atoms with Gasteiger partial charge < -0.3 is 4.74 Å². The molecule has 4 nitrogen and oxygen atoms in total. The Hall–Kier alpha value is -1.59. The number of hydrogen-bond donors (Lipinski definition) is 2. The molecule has 2 rings (SSSR count). The SMILES string of the molecule is CC(C)C(Oc1ccc2cc(Br)ccc2c1)C(=O)NN. The number of halogens is 1. The quantitative estimate of drug-likeness (QED) is 0.512. The van der Waals surface area contributed by atoms with Crippen LogP contribution in [0.25, 0.3) is 10.8 Å². The molecule has 0 radical (unpaired) electrons. The fourth-order valence-corrected chi connectivity index (χ4v) is 2.37. The molecule has 0 aliphatic carbocycles. The molecule has 2 aromatic carbocycles. The Morgan fingerprint density at radius 2 is 1.85 bits per heavy atom. The summed E-state index contributed by atoms with van der Waals surface area (Å²) in [6, 6.07) is 11.7. The number of hydrazine groups is 1. The van der Waals surface area contributed by atoms with Crippen LogP contribution in [-0.2, 0) is 4.79 Å². The van der Waals surface area contributed by atoms with E-state index in [4.69, 9.17) is 10.6 Å². The van der Waals surface area contributed by atoms with Gasteiger partial charge in [-0.3, -0.25) is 10.2 Å². The molecule has 20 heavy (non-hydrogen) atoms. The zero-order valence-corrected chi connectivity index (χ0v) is 13.0. The molecule has 3 N–H and O–H groups in total. The molecule has 0 saturated heterocycles. The van der Waals surface area contributed by atoms with Crippen LogP contribution in [0.3, 0.4) is 0 Å². The van der Waals surface area contributed by atoms with Gasteiger partial charge in [0.05, 0.1) is 0 Å². The largest absolute Gasteiger partial charge is 0.480 e. The van der Waals surface area contributed by atoms with Crippen molar-refractivity contribution < 1.29 is 9.53 Å². The number of carbonyl (C=O) groups is 1. The molecule has 0 bridgehead atoms. The maximum atomic E-state index is 11.7. The molecule has 1 atom stereocenters. The van der Waals surface area contributed by atoms with Crippen molar-refractivity contribution in [3.8, 4) is 5.75 Å². The molecule has 106 valence electrons. The Labute approximate surface area is 126 Å². The molecule has 2 aromatic rings. The highest BCUT2D eigenvalue weighted by Gasteiger charge is 2.23. The topological polar surface area (TPSA) is 64.3 Å². The van der Waals surface area contributed by atoms with Crippen molar-refractivity contribution in [1.82, 2.24) is 5.43 Å². The minimum absolute atomic E-state index is 0.0270. The van der Waals surface area contributed by atoms with E-state index in [9.17, 15) is 4.79 Å². The van der Waals surface area contributed by atoms with Gasteiger partial charge in [0.1, 0.15) is 5.75 Å². The van der Waals surface area contributed by atoms with Crippen LogP contribution < -0.4 is 16.0 Å². The Balaban J connectivity index is 2.28. The van der Waals surface area contributed by atoms with E-state index in [1.807, 2.05) is 50.2 Å². The van der Waals surface area contributed by atoms with Gasteiger partial charge in [-0.25, -0.2) is 5.84 Å². The Morgan fingerprint density at radius 3 is 2.50 bits per heavy atom. The third-order valence-corrected chi connectivity index (χ3v) is 3.54. The molecule has 0 saturated carbocycles. The second-order valence-electron chi connectivity index (χ2n) is 4.94. The second-order valence-corrected chi connectivity index (χ2v) is 5.86. The van der Waals surface area contributed by atoms with Gasteiger partial charge in [-0.05, 0) is 41.0 Å². The number of nitrogens with one attached hydrogen (secondary N) is 1. The predicted molar refractivity (Wildman–Crippen MR) is 83.2 cm³/mol. The first kappa shape index (κ1) is 14.8. The first-order chi connectivity index (χ1) is 9.51. The summed E-state index contributed by atoms with van der Waals surface area (Å²) >= 11 is 3.44. The number of nitrogens with two attached hydrogens (primary N) is 1. The van der Waals surface area contributed by atoms with Crippen LogP contribution in [0.15, 0.2) is 40.9 Å². The fourth-order valence-electron chi connectivity index (χ4n) is 1.99. The summed E-state index contributed by atoms with van der Waals surface area (Å²) in [4.78, 5) is 11.7. The van der Waals surface area contributed by atoms with E-state index in [-0.39, 0.29) is 11.8 Å². The van der Waals surface area contributed by atoms with Crippen LogP contribution in [0, 0.1) is 5.92 Å². The van der Waals surface area contributed by atoms with Crippen molar-refractivity contribution in [3.05, 3.63) is 40.9 Å². The van der Waals surface area contributed by atoms with Crippen LogP contribution in [0.2, 0.25) is 0 Å². The lowest BCUT2D eigenvalue weighted by atomic mass is 10.1. The number of amides is 1. The number of benzene rings is 2. The molecule has 0 fully saturated rings. The van der Waals surface area contributed by atoms with E-state index < -0.39 is 6.10 Å². The Bertz CT molecular complexity index is 628. The fraction of sp³-hybridized carbons (Fsp3) is 0.267.